The molecular formula is C34H29Cl2F2N3O4. The summed E-state index contributed by atoms with van der Waals surface area (Å²) in [6, 6.07) is 7.31. The molecule has 11 heteroatoms. The maximum Gasteiger partial charge on any atom is 0.335 e. The summed E-state index contributed by atoms with van der Waals surface area (Å²) < 4.78 is 36.7. The smallest absolute Gasteiger partial charge is 0.335 e. The van der Waals surface area contributed by atoms with E-state index in [2.05, 4.69) is 16.3 Å². The average Bonchev–Trinajstić information content (AvgIpc) is 3.94. The molecule has 232 valence electrons. The predicted molar refractivity (Wildman–Crippen MR) is 167 cm³/mol. The summed E-state index contributed by atoms with van der Waals surface area (Å²) in [5, 5.41) is 20.8. The van der Waals surface area contributed by atoms with Gasteiger partial charge in [-0.3, -0.25) is 9.69 Å². The lowest BCUT2D eigenvalue weighted by Crippen LogP contribution is -2.53. The number of amides is 1. The van der Waals surface area contributed by atoms with Crippen LogP contribution in [0.1, 0.15) is 49.1 Å². The predicted octanol–water partition coefficient (Wildman–Crippen LogP) is 7.28. The van der Waals surface area contributed by atoms with Crippen LogP contribution in [0.15, 0.2) is 77.1 Å². The molecule has 1 saturated heterocycles. The number of hydrogen-bond acceptors (Lipinski definition) is 5. The van der Waals surface area contributed by atoms with Gasteiger partial charge in [0, 0.05) is 46.8 Å². The quantitative estimate of drug-likeness (QED) is 0.150. The molecule has 7 rings (SSSR count). The first-order valence-corrected chi connectivity index (χ1v) is 15.6. The van der Waals surface area contributed by atoms with Crippen molar-refractivity contribution in [2.45, 2.75) is 49.6 Å². The topological polar surface area (TPSA) is 103 Å². The Morgan fingerprint density at radius 2 is 1.96 bits per heavy atom. The SMILES string of the molecule is N=C1C=C(C(=O)O)C=C/C1=C(/CC1=CC1)OCC1C[C@H](c2ccc(F)c(Cl)c2F)[C@]2(C(=O)Nc3cc(Cl)ccc32)N1CC1CC1. The van der Waals surface area contributed by atoms with Crippen LogP contribution in [-0.4, -0.2) is 46.8 Å². The van der Waals surface area contributed by atoms with E-state index in [0.717, 1.165) is 30.9 Å². The number of halogens is 4. The van der Waals surface area contributed by atoms with Crippen LogP contribution < -0.4 is 5.32 Å². The molecule has 0 aromatic heterocycles. The number of anilines is 1. The summed E-state index contributed by atoms with van der Waals surface area (Å²) >= 11 is 12.4. The zero-order valence-corrected chi connectivity index (χ0v) is 25.5. The van der Waals surface area contributed by atoms with E-state index in [-0.39, 0.29) is 35.4 Å². The van der Waals surface area contributed by atoms with Crippen LogP contribution in [0.2, 0.25) is 10.0 Å². The molecule has 1 amide bonds. The maximum absolute atomic E-state index is 15.8. The molecule has 2 aromatic carbocycles. The monoisotopic (exact) mass is 651 g/mol. The number of carboxylic acid groups (broad SMARTS) is 1. The van der Waals surface area contributed by atoms with E-state index >= 15 is 4.39 Å². The van der Waals surface area contributed by atoms with Crippen molar-refractivity contribution >= 4 is 46.5 Å². The van der Waals surface area contributed by atoms with E-state index in [1.54, 1.807) is 24.3 Å². The van der Waals surface area contributed by atoms with Crippen LogP contribution in [-0.2, 0) is 19.9 Å². The average molecular weight is 653 g/mol. The van der Waals surface area contributed by atoms with Crippen LogP contribution >= 0.6 is 23.2 Å². The number of likely N-dealkylation sites (tertiary alicyclic amines) is 1. The lowest BCUT2D eigenvalue weighted by molar-refractivity contribution is -0.132. The summed E-state index contributed by atoms with van der Waals surface area (Å²) in [6.45, 7) is 0.689. The van der Waals surface area contributed by atoms with Gasteiger partial charge in [0.2, 0.25) is 5.91 Å². The van der Waals surface area contributed by atoms with Crippen molar-refractivity contribution in [3.8, 4) is 0 Å². The number of carbonyl (C=O) groups excluding carboxylic acids is 1. The molecular weight excluding hydrogens is 623 g/mol. The molecule has 45 heavy (non-hydrogen) atoms. The minimum Gasteiger partial charge on any atom is -0.495 e. The zero-order valence-electron chi connectivity index (χ0n) is 24.0. The molecule has 7 nitrogen and oxygen atoms in total. The standard InChI is InChI=1S/C34H29Cl2F2N3O4/c35-20-6-9-24-28(13-20)40-33(44)34(24)25(22-8-10-26(37)30(36)31(22)38)14-21(41(34)15-18-3-4-18)16-45-29(11-17-1-2-17)23-7-5-19(32(42)43)12-27(23)39/h1,5-10,12-13,18,21,25,39H,2-4,11,14-16H2,(H,40,44)(H,42,43)/b29-23+,39-27?/t21?,25-,34-/m1/s1. The van der Waals surface area contributed by atoms with Crippen LogP contribution in [0.25, 0.3) is 0 Å². The molecule has 1 saturated carbocycles. The van der Waals surface area contributed by atoms with Crippen molar-refractivity contribution in [2.24, 2.45) is 5.92 Å². The van der Waals surface area contributed by atoms with Crippen molar-refractivity contribution < 1.29 is 28.2 Å². The highest BCUT2D eigenvalue weighted by molar-refractivity contribution is 6.31. The molecule has 0 bridgehead atoms. The summed E-state index contributed by atoms with van der Waals surface area (Å²) in [6.07, 6.45) is 10.0. The Labute approximate surface area is 268 Å². The van der Waals surface area contributed by atoms with Crippen LogP contribution in [0, 0.1) is 23.0 Å². The van der Waals surface area contributed by atoms with Crippen LogP contribution in [0.5, 0.6) is 0 Å². The molecule has 3 atom stereocenters. The second-order valence-corrected chi connectivity index (χ2v) is 13.1. The summed E-state index contributed by atoms with van der Waals surface area (Å²) in [5.74, 6) is -3.07. The number of carbonyl (C=O) groups is 2. The Kier molecular flexibility index (Phi) is 7.46. The van der Waals surface area contributed by atoms with Gasteiger partial charge in [-0.25, -0.2) is 13.6 Å². The first kappa shape index (κ1) is 29.9. The lowest BCUT2D eigenvalue weighted by Gasteiger charge is -2.40. The minimum absolute atomic E-state index is 0.0101. The molecule has 3 N–H and O–H groups in total. The molecule has 1 spiro atoms. The third-order valence-electron chi connectivity index (χ3n) is 9.38. The third-order valence-corrected chi connectivity index (χ3v) is 9.96. The number of fused-ring (bicyclic) bond motifs is 2. The van der Waals surface area contributed by atoms with Gasteiger partial charge in [-0.1, -0.05) is 47.0 Å². The Bertz CT molecular complexity index is 1800. The molecule has 1 unspecified atom stereocenters. The lowest BCUT2D eigenvalue weighted by atomic mass is 9.75. The fraction of sp³-hybridized carbons (Fsp3) is 0.324. The van der Waals surface area contributed by atoms with Crippen LogP contribution in [0.4, 0.5) is 14.5 Å². The van der Waals surface area contributed by atoms with Gasteiger partial charge >= 0.3 is 5.97 Å². The van der Waals surface area contributed by atoms with Crippen molar-refractivity contribution in [2.75, 3.05) is 18.5 Å². The second kappa shape index (κ2) is 11.2. The van der Waals surface area contributed by atoms with Gasteiger partial charge in [0.05, 0.1) is 11.3 Å². The van der Waals surface area contributed by atoms with Gasteiger partial charge in [0.15, 0.2) is 0 Å². The fourth-order valence-electron chi connectivity index (χ4n) is 6.94. The molecule has 0 radical (unpaired) electrons. The number of nitrogens with zero attached hydrogens (tertiary/aromatic N) is 1. The number of aliphatic carboxylic acids is 1. The molecule has 2 aliphatic heterocycles. The minimum atomic E-state index is -1.33. The van der Waals surface area contributed by atoms with Gasteiger partial charge in [-0.05, 0) is 73.6 Å². The van der Waals surface area contributed by atoms with E-state index in [4.69, 9.17) is 33.3 Å². The van der Waals surface area contributed by atoms with Crippen molar-refractivity contribution in [1.82, 2.24) is 4.90 Å². The summed E-state index contributed by atoms with van der Waals surface area (Å²) in [7, 11) is 0. The van der Waals surface area contributed by atoms with Crippen molar-refractivity contribution in [3.63, 3.8) is 0 Å². The van der Waals surface area contributed by atoms with Gasteiger partial charge in [0.25, 0.3) is 0 Å². The Balaban J connectivity index is 1.31. The third kappa shape index (κ3) is 5.20. The van der Waals surface area contributed by atoms with Gasteiger partial charge < -0.3 is 20.6 Å². The molecule has 5 aliphatic rings. The molecule has 3 aliphatic carbocycles. The van der Waals surface area contributed by atoms with Gasteiger partial charge in [-0.2, -0.15) is 0 Å². The Morgan fingerprint density at radius 3 is 2.64 bits per heavy atom. The first-order chi connectivity index (χ1) is 21.6. The maximum atomic E-state index is 15.8. The van der Waals surface area contributed by atoms with E-state index in [1.165, 1.54) is 18.2 Å². The number of rotatable bonds is 9. The van der Waals surface area contributed by atoms with E-state index in [1.807, 2.05) is 0 Å². The number of allylic oxidation sites excluding steroid dienone is 5. The van der Waals surface area contributed by atoms with Gasteiger partial charge in [0.1, 0.15) is 34.6 Å². The first-order valence-electron chi connectivity index (χ1n) is 14.8. The zero-order chi connectivity index (χ0) is 31.6. The number of nitrogens with one attached hydrogen (secondary N) is 2. The number of ether oxygens (including phenoxy) is 1. The Morgan fingerprint density at radius 1 is 1.18 bits per heavy atom. The molecule has 2 fully saturated rings. The van der Waals surface area contributed by atoms with E-state index < -0.39 is 34.1 Å². The van der Waals surface area contributed by atoms with Crippen LogP contribution in [0.3, 0.4) is 0 Å². The van der Waals surface area contributed by atoms with Gasteiger partial charge in [-0.15, -0.1) is 0 Å². The second-order valence-electron chi connectivity index (χ2n) is 12.3. The largest absolute Gasteiger partial charge is 0.495 e. The van der Waals surface area contributed by atoms with E-state index in [9.17, 15) is 19.1 Å². The summed E-state index contributed by atoms with van der Waals surface area (Å²) in [5.41, 5.74) is 1.69. The molecule has 2 heterocycles. The number of hydrogen-bond donors (Lipinski definition) is 3. The van der Waals surface area contributed by atoms with E-state index in [0.29, 0.717) is 52.9 Å². The highest BCUT2D eigenvalue weighted by Crippen LogP contribution is 2.58. The highest BCUT2D eigenvalue weighted by Gasteiger charge is 2.64. The number of benzene rings is 2. The highest BCUT2D eigenvalue weighted by atomic mass is 35.5. The molecule has 2 aromatic rings. The van der Waals surface area contributed by atoms with Crippen molar-refractivity contribution in [3.05, 3.63) is 110 Å². The fourth-order valence-corrected chi connectivity index (χ4v) is 7.28. The Hall–Kier alpha value is -3.79. The normalized spacial score (nSPS) is 26.5. The summed E-state index contributed by atoms with van der Waals surface area (Å²) in [4.78, 5) is 27.9. The number of carboxylic acids is 1. The van der Waals surface area contributed by atoms with Crippen molar-refractivity contribution in [1.29, 1.82) is 5.41 Å².